The number of carbonyl (C=O) groups excluding carboxylic acids is 1. The number of nitrogens with one attached hydrogen (secondary N) is 1. The maximum atomic E-state index is 12.4. The van der Waals surface area contributed by atoms with Gasteiger partial charge in [0.15, 0.2) is 0 Å². The van der Waals surface area contributed by atoms with E-state index in [0.717, 1.165) is 22.8 Å². The van der Waals surface area contributed by atoms with Crippen molar-refractivity contribution in [2.75, 3.05) is 5.32 Å². The molecule has 8 heteroatoms. The first-order valence-electron chi connectivity index (χ1n) is 7.50. The predicted molar refractivity (Wildman–Crippen MR) is 92.8 cm³/mol. The van der Waals surface area contributed by atoms with Crippen LogP contribution in [0.2, 0.25) is 0 Å². The fourth-order valence-electron chi connectivity index (χ4n) is 2.84. The first-order chi connectivity index (χ1) is 11.6. The standard InChI is InChI=1S/C16H15N5O2S/c1-20-15(11-7-24-8-13(11)19-20)18-14(22)6-21-9-17-12-5-3-2-4-10(12)16(21)23/h2-5,9H,6-8H2,1H3,(H,18,22). The molecule has 0 fully saturated rings. The monoisotopic (exact) mass is 341 g/mol. The summed E-state index contributed by atoms with van der Waals surface area (Å²) in [6, 6.07) is 7.10. The maximum Gasteiger partial charge on any atom is 0.261 e. The summed E-state index contributed by atoms with van der Waals surface area (Å²) in [6.07, 6.45) is 1.41. The molecule has 0 saturated carbocycles. The van der Waals surface area contributed by atoms with Crippen LogP contribution in [0.5, 0.6) is 0 Å². The Kier molecular flexibility index (Phi) is 3.61. The molecule has 3 aromatic rings. The van der Waals surface area contributed by atoms with E-state index in [4.69, 9.17) is 0 Å². The maximum absolute atomic E-state index is 12.4. The molecule has 0 radical (unpaired) electrons. The lowest BCUT2D eigenvalue weighted by Crippen LogP contribution is -2.28. The zero-order valence-corrected chi connectivity index (χ0v) is 13.8. The molecule has 0 unspecified atom stereocenters. The Morgan fingerprint density at radius 1 is 1.33 bits per heavy atom. The summed E-state index contributed by atoms with van der Waals surface area (Å²) in [5, 5.41) is 7.79. The van der Waals surface area contributed by atoms with Crippen LogP contribution in [0.25, 0.3) is 10.9 Å². The van der Waals surface area contributed by atoms with Crippen molar-refractivity contribution in [2.45, 2.75) is 18.1 Å². The first kappa shape index (κ1) is 14.9. The first-order valence-corrected chi connectivity index (χ1v) is 8.65. The van der Waals surface area contributed by atoms with E-state index >= 15 is 0 Å². The number of aryl methyl sites for hydroxylation is 1. The van der Waals surface area contributed by atoms with E-state index in [-0.39, 0.29) is 18.0 Å². The summed E-state index contributed by atoms with van der Waals surface area (Å²) in [6.45, 7) is -0.0796. The van der Waals surface area contributed by atoms with Crippen LogP contribution in [0.1, 0.15) is 11.3 Å². The van der Waals surface area contributed by atoms with Crippen LogP contribution in [0.4, 0.5) is 5.82 Å². The van der Waals surface area contributed by atoms with Crippen molar-refractivity contribution in [2.24, 2.45) is 7.05 Å². The molecule has 0 spiro atoms. The van der Waals surface area contributed by atoms with Crippen LogP contribution in [-0.4, -0.2) is 25.2 Å². The summed E-state index contributed by atoms with van der Waals surface area (Å²) in [5.41, 5.74) is 2.49. The van der Waals surface area contributed by atoms with Gasteiger partial charge in [-0.05, 0) is 12.1 Å². The van der Waals surface area contributed by atoms with Gasteiger partial charge < -0.3 is 5.32 Å². The third kappa shape index (κ3) is 2.48. The van der Waals surface area contributed by atoms with Crippen LogP contribution in [0.15, 0.2) is 35.4 Å². The van der Waals surface area contributed by atoms with Crippen LogP contribution < -0.4 is 10.9 Å². The van der Waals surface area contributed by atoms with Crippen LogP contribution in [-0.2, 0) is 29.9 Å². The fraction of sp³-hybridized carbons (Fsp3) is 0.250. The minimum Gasteiger partial charge on any atom is -0.309 e. The summed E-state index contributed by atoms with van der Waals surface area (Å²) < 4.78 is 3.01. The molecule has 1 aromatic carbocycles. The quantitative estimate of drug-likeness (QED) is 0.781. The number of nitrogens with zero attached hydrogens (tertiary/aromatic N) is 4. The number of hydrogen-bond acceptors (Lipinski definition) is 5. The van der Waals surface area contributed by atoms with Crippen molar-refractivity contribution in [1.29, 1.82) is 0 Å². The molecule has 0 atom stereocenters. The van der Waals surface area contributed by atoms with Crippen molar-refractivity contribution >= 4 is 34.4 Å². The average Bonchev–Trinajstić information content (AvgIpc) is 3.13. The van der Waals surface area contributed by atoms with Gasteiger partial charge in [0, 0.05) is 24.1 Å². The van der Waals surface area contributed by atoms with Gasteiger partial charge in [0.2, 0.25) is 5.91 Å². The van der Waals surface area contributed by atoms with Crippen molar-refractivity contribution in [3.63, 3.8) is 0 Å². The minimum atomic E-state index is -0.267. The molecule has 1 N–H and O–H groups in total. The lowest BCUT2D eigenvalue weighted by Gasteiger charge is -2.09. The molecule has 3 heterocycles. The molecule has 4 rings (SSSR count). The van der Waals surface area contributed by atoms with Crippen LogP contribution in [0, 0.1) is 0 Å². The largest absolute Gasteiger partial charge is 0.309 e. The molecule has 1 aliphatic heterocycles. The lowest BCUT2D eigenvalue weighted by molar-refractivity contribution is -0.116. The molecule has 122 valence electrons. The second-order valence-electron chi connectivity index (χ2n) is 5.63. The van der Waals surface area contributed by atoms with E-state index < -0.39 is 0 Å². The van der Waals surface area contributed by atoms with E-state index in [0.29, 0.717) is 16.7 Å². The van der Waals surface area contributed by atoms with Crippen molar-refractivity contribution in [1.82, 2.24) is 19.3 Å². The van der Waals surface area contributed by atoms with Gasteiger partial charge in [-0.3, -0.25) is 18.8 Å². The summed E-state index contributed by atoms with van der Waals surface area (Å²) in [5.74, 6) is 2.15. The number of aromatic nitrogens is 4. The number of carbonyl (C=O) groups is 1. The van der Waals surface area contributed by atoms with Gasteiger partial charge in [-0.25, -0.2) is 4.98 Å². The molecule has 0 saturated heterocycles. The Morgan fingerprint density at radius 3 is 3.04 bits per heavy atom. The third-order valence-corrected chi connectivity index (χ3v) is 4.99. The number of rotatable bonds is 3. The zero-order chi connectivity index (χ0) is 16.7. The second-order valence-corrected chi connectivity index (χ2v) is 6.62. The van der Waals surface area contributed by atoms with E-state index in [2.05, 4.69) is 15.4 Å². The number of para-hydroxylation sites is 1. The van der Waals surface area contributed by atoms with E-state index in [1.54, 1.807) is 34.6 Å². The normalized spacial score (nSPS) is 13.2. The van der Waals surface area contributed by atoms with Gasteiger partial charge in [0.25, 0.3) is 5.56 Å². The highest BCUT2D eigenvalue weighted by atomic mass is 32.2. The minimum absolute atomic E-state index is 0.0796. The molecule has 0 aliphatic carbocycles. The Labute approximate surface area is 141 Å². The molecule has 1 aliphatic rings. The van der Waals surface area contributed by atoms with Gasteiger partial charge >= 0.3 is 0 Å². The van der Waals surface area contributed by atoms with E-state index in [1.165, 1.54) is 10.9 Å². The molecule has 0 bridgehead atoms. The Bertz CT molecular complexity index is 1010. The molecule has 2 aromatic heterocycles. The predicted octanol–water partition coefficient (Wildman–Crippen LogP) is 1.52. The second kappa shape index (κ2) is 5.79. The van der Waals surface area contributed by atoms with Gasteiger partial charge in [-0.2, -0.15) is 16.9 Å². The van der Waals surface area contributed by atoms with Gasteiger partial charge in [0.1, 0.15) is 12.4 Å². The zero-order valence-electron chi connectivity index (χ0n) is 13.0. The number of thioether (sulfide) groups is 1. The number of anilines is 1. The highest BCUT2D eigenvalue weighted by Gasteiger charge is 2.22. The number of amides is 1. The van der Waals surface area contributed by atoms with Crippen molar-refractivity contribution in [3.8, 4) is 0 Å². The number of hydrogen-bond donors (Lipinski definition) is 1. The van der Waals surface area contributed by atoms with Crippen LogP contribution >= 0.6 is 11.8 Å². The topological polar surface area (TPSA) is 81.8 Å². The van der Waals surface area contributed by atoms with Gasteiger partial charge in [-0.1, -0.05) is 12.1 Å². The summed E-state index contributed by atoms with van der Waals surface area (Å²) in [7, 11) is 1.81. The Morgan fingerprint density at radius 2 is 2.17 bits per heavy atom. The molecular formula is C16H15N5O2S. The molecule has 1 amide bonds. The summed E-state index contributed by atoms with van der Waals surface area (Å²) >= 11 is 1.77. The van der Waals surface area contributed by atoms with Crippen LogP contribution in [0.3, 0.4) is 0 Å². The average molecular weight is 341 g/mol. The fourth-order valence-corrected chi connectivity index (χ4v) is 3.88. The molecule has 7 nitrogen and oxygen atoms in total. The highest BCUT2D eigenvalue weighted by molar-refractivity contribution is 7.98. The van der Waals surface area contributed by atoms with Crippen molar-refractivity contribution < 1.29 is 4.79 Å². The lowest BCUT2D eigenvalue weighted by atomic mass is 10.2. The smallest absolute Gasteiger partial charge is 0.261 e. The Hall–Kier alpha value is -2.61. The molecular weight excluding hydrogens is 326 g/mol. The van der Waals surface area contributed by atoms with Gasteiger partial charge in [0.05, 0.1) is 22.9 Å². The summed E-state index contributed by atoms with van der Waals surface area (Å²) in [4.78, 5) is 29.0. The number of benzene rings is 1. The van der Waals surface area contributed by atoms with Gasteiger partial charge in [-0.15, -0.1) is 0 Å². The van der Waals surface area contributed by atoms with Crippen molar-refractivity contribution in [3.05, 3.63) is 52.2 Å². The third-order valence-electron chi connectivity index (χ3n) is 4.02. The number of fused-ring (bicyclic) bond motifs is 2. The van der Waals surface area contributed by atoms with E-state index in [1.807, 2.05) is 13.1 Å². The van der Waals surface area contributed by atoms with E-state index in [9.17, 15) is 9.59 Å². The highest BCUT2D eigenvalue weighted by Crippen LogP contribution is 2.34. The molecule has 24 heavy (non-hydrogen) atoms. The SMILES string of the molecule is Cn1nc2c(c1NC(=O)Cn1cnc3ccccc3c1=O)CSC2. The Balaban J connectivity index is 1.59.